The fourth-order valence-corrected chi connectivity index (χ4v) is 2.25. The Hall–Kier alpha value is -2.59. The third-order valence-corrected chi connectivity index (χ3v) is 3.41. The summed E-state index contributed by atoms with van der Waals surface area (Å²) in [6.07, 6.45) is 0.861. The number of nitrogens with two attached hydrogens (primary N) is 1. The van der Waals surface area contributed by atoms with Gasteiger partial charge in [-0.25, -0.2) is 0 Å². The van der Waals surface area contributed by atoms with Crippen LogP contribution in [0.15, 0.2) is 65.2 Å². The largest absolute Gasteiger partial charge is 0.492 e. The molecule has 0 bridgehead atoms. The van der Waals surface area contributed by atoms with Crippen molar-refractivity contribution in [3.63, 3.8) is 0 Å². The van der Waals surface area contributed by atoms with Gasteiger partial charge < -0.3 is 15.0 Å². The Balaban J connectivity index is 1.71. The molecule has 0 saturated carbocycles. The van der Waals surface area contributed by atoms with E-state index in [0.29, 0.717) is 18.9 Å². The van der Waals surface area contributed by atoms with Gasteiger partial charge in [0.1, 0.15) is 5.75 Å². The van der Waals surface area contributed by atoms with E-state index in [9.17, 15) is 0 Å². The number of hydrogen-bond acceptors (Lipinski definition) is 4. The van der Waals surface area contributed by atoms with Crippen LogP contribution in [-0.4, -0.2) is 11.8 Å². The summed E-state index contributed by atoms with van der Waals surface area (Å²) in [7, 11) is 0. The van der Waals surface area contributed by atoms with Crippen LogP contribution in [0.3, 0.4) is 0 Å². The van der Waals surface area contributed by atoms with Crippen molar-refractivity contribution in [2.75, 3.05) is 6.61 Å². The van der Waals surface area contributed by atoms with Gasteiger partial charge in [0.05, 0.1) is 17.9 Å². The smallest absolute Gasteiger partial charge is 0.170 e. The van der Waals surface area contributed by atoms with Crippen LogP contribution in [0, 0.1) is 0 Å². The van der Waals surface area contributed by atoms with Gasteiger partial charge in [0, 0.05) is 19.0 Å². The van der Waals surface area contributed by atoms with Crippen LogP contribution in [0.4, 0.5) is 0 Å². The highest BCUT2D eigenvalue weighted by molar-refractivity contribution is 5.65. The van der Waals surface area contributed by atoms with Gasteiger partial charge >= 0.3 is 0 Å². The fraction of sp³-hybridized carbons (Fsp3) is 0.167. The molecule has 3 aromatic rings. The molecule has 2 N–H and O–H groups in total. The molecular formula is C18H18N2O2. The lowest BCUT2D eigenvalue weighted by Crippen LogP contribution is -2.02. The Morgan fingerprint density at radius 3 is 2.55 bits per heavy atom. The third-order valence-electron chi connectivity index (χ3n) is 3.41. The zero-order chi connectivity index (χ0) is 15.2. The molecule has 0 aliphatic heterocycles. The molecule has 0 unspecified atom stereocenters. The topological polar surface area (TPSA) is 61.3 Å². The molecule has 1 aromatic heterocycles. The van der Waals surface area contributed by atoms with E-state index in [1.807, 2.05) is 48.5 Å². The van der Waals surface area contributed by atoms with Gasteiger partial charge in [0.15, 0.2) is 5.76 Å². The maximum atomic E-state index is 5.92. The number of nitrogens with zero attached hydrogens (tertiary/aromatic N) is 1. The summed E-state index contributed by atoms with van der Waals surface area (Å²) >= 11 is 0. The molecule has 3 rings (SSSR count). The Morgan fingerprint density at radius 2 is 1.77 bits per heavy atom. The van der Waals surface area contributed by atoms with Crippen molar-refractivity contribution in [2.24, 2.45) is 5.73 Å². The Labute approximate surface area is 129 Å². The molecule has 2 aromatic carbocycles. The number of hydrogen-bond donors (Lipinski definition) is 1. The highest BCUT2D eigenvalue weighted by Crippen LogP contribution is 2.30. The maximum absolute atomic E-state index is 5.92. The van der Waals surface area contributed by atoms with Crippen molar-refractivity contribution in [2.45, 2.75) is 13.0 Å². The van der Waals surface area contributed by atoms with E-state index < -0.39 is 0 Å². The predicted octanol–water partition coefficient (Wildman–Crippen LogP) is 3.42. The van der Waals surface area contributed by atoms with Crippen molar-refractivity contribution < 1.29 is 9.26 Å². The average Bonchev–Trinajstić information content (AvgIpc) is 3.05. The minimum Gasteiger partial charge on any atom is -0.492 e. The first-order valence-corrected chi connectivity index (χ1v) is 7.28. The zero-order valence-corrected chi connectivity index (χ0v) is 12.2. The van der Waals surface area contributed by atoms with Crippen molar-refractivity contribution in [3.05, 3.63) is 71.9 Å². The normalized spacial score (nSPS) is 10.6. The van der Waals surface area contributed by atoms with Crippen LogP contribution in [-0.2, 0) is 13.0 Å². The molecule has 0 amide bonds. The van der Waals surface area contributed by atoms with Crippen molar-refractivity contribution in [3.8, 4) is 17.1 Å². The van der Waals surface area contributed by atoms with Gasteiger partial charge in [-0.3, -0.25) is 0 Å². The first kappa shape index (κ1) is 14.4. The summed E-state index contributed by atoms with van der Waals surface area (Å²) in [5, 5.41) is 3.92. The SMILES string of the molecule is NCc1cc(-c2ccccc2OCCc2ccccc2)on1. The van der Waals surface area contributed by atoms with E-state index in [1.165, 1.54) is 5.56 Å². The Kier molecular flexibility index (Phi) is 4.51. The number of rotatable bonds is 6. The van der Waals surface area contributed by atoms with E-state index in [0.717, 1.165) is 23.4 Å². The second-order valence-corrected chi connectivity index (χ2v) is 4.97. The molecule has 0 aliphatic rings. The lowest BCUT2D eigenvalue weighted by Gasteiger charge is -2.09. The van der Waals surface area contributed by atoms with Crippen LogP contribution < -0.4 is 10.5 Å². The van der Waals surface area contributed by atoms with Gasteiger partial charge in [-0.1, -0.05) is 47.6 Å². The van der Waals surface area contributed by atoms with Crippen LogP contribution in [0.2, 0.25) is 0 Å². The van der Waals surface area contributed by atoms with Gasteiger partial charge in [-0.2, -0.15) is 0 Å². The molecule has 0 radical (unpaired) electrons. The van der Waals surface area contributed by atoms with Crippen molar-refractivity contribution in [1.82, 2.24) is 5.16 Å². The van der Waals surface area contributed by atoms with E-state index in [1.54, 1.807) is 0 Å². The van der Waals surface area contributed by atoms with Gasteiger partial charge in [0.25, 0.3) is 0 Å². The molecule has 0 saturated heterocycles. The van der Waals surface area contributed by atoms with Crippen LogP contribution >= 0.6 is 0 Å². The Bertz CT molecular complexity index is 723. The molecule has 1 heterocycles. The van der Waals surface area contributed by atoms with Crippen LogP contribution in [0.5, 0.6) is 5.75 Å². The third kappa shape index (κ3) is 3.35. The standard InChI is InChI=1S/C18H18N2O2/c19-13-15-12-18(22-20-15)16-8-4-5-9-17(16)21-11-10-14-6-2-1-3-7-14/h1-9,12H,10-11,13,19H2. The van der Waals surface area contributed by atoms with E-state index >= 15 is 0 Å². The number of para-hydroxylation sites is 1. The quantitative estimate of drug-likeness (QED) is 0.756. The second kappa shape index (κ2) is 6.91. The van der Waals surface area contributed by atoms with E-state index in [2.05, 4.69) is 17.3 Å². The molecule has 4 nitrogen and oxygen atoms in total. The first-order chi connectivity index (χ1) is 10.9. The van der Waals surface area contributed by atoms with Gasteiger partial charge in [0.2, 0.25) is 0 Å². The van der Waals surface area contributed by atoms with Crippen molar-refractivity contribution in [1.29, 1.82) is 0 Å². The minimum atomic E-state index is 0.362. The summed E-state index contributed by atoms with van der Waals surface area (Å²) in [4.78, 5) is 0. The molecule has 0 spiro atoms. The summed E-state index contributed by atoms with van der Waals surface area (Å²) < 4.78 is 11.3. The zero-order valence-electron chi connectivity index (χ0n) is 12.2. The molecule has 0 aliphatic carbocycles. The predicted molar refractivity (Wildman–Crippen MR) is 85.5 cm³/mol. The molecule has 0 atom stereocenters. The van der Waals surface area contributed by atoms with Crippen LogP contribution in [0.1, 0.15) is 11.3 Å². The second-order valence-electron chi connectivity index (χ2n) is 4.97. The highest BCUT2D eigenvalue weighted by atomic mass is 16.5. The fourth-order valence-electron chi connectivity index (χ4n) is 2.25. The summed E-state index contributed by atoms with van der Waals surface area (Å²) in [6.45, 7) is 0.972. The molecule has 22 heavy (non-hydrogen) atoms. The number of ether oxygens (including phenoxy) is 1. The van der Waals surface area contributed by atoms with E-state index in [4.69, 9.17) is 15.0 Å². The van der Waals surface area contributed by atoms with E-state index in [-0.39, 0.29) is 0 Å². The molecule has 112 valence electrons. The van der Waals surface area contributed by atoms with Gasteiger partial charge in [-0.05, 0) is 17.7 Å². The summed E-state index contributed by atoms with van der Waals surface area (Å²) in [5.41, 5.74) is 8.45. The molecular weight excluding hydrogens is 276 g/mol. The summed E-state index contributed by atoms with van der Waals surface area (Å²) in [6, 6.07) is 19.9. The maximum Gasteiger partial charge on any atom is 0.170 e. The van der Waals surface area contributed by atoms with Crippen molar-refractivity contribution >= 4 is 0 Å². The average molecular weight is 294 g/mol. The molecule has 4 heteroatoms. The number of benzene rings is 2. The van der Waals surface area contributed by atoms with Crippen LogP contribution in [0.25, 0.3) is 11.3 Å². The highest BCUT2D eigenvalue weighted by Gasteiger charge is 2.11. The lowest BCUT2D eigenvalue weighted by molar-refractivity contribution is 0.321. The monoisotopic (exact) mass is 294 g/mol. The first-order valence-electron chi connectivity index (χ1n) is 7.28. The Morgan fingerprint density at radius 1 is 1.00 bits per heavy atom. The minimum absolute atomic E-state index is 0.362. The summed E-state index contributed by atoms with van der Waals surface area (Å²) in [5.74, 6) is 1.47. The lowest BCUT2D eigenvalue weighted by atomic mass is 10.1. The number of aromatic nitrogens is 1. The van der Waals surface area contributed by atoms with Gasteiger partial charge in [-0.15, -0.1) is 0 Å². The molecule has 0 fully saturated rings.